The average molecular weight is 318 g/mol. The van der Waals surface area contributed by atoms with Gasteiger partial charge in [-0.25, -0.2) is 9.78 Å². The number of esters is 1. The Balaban J connectivity index is 2.20. The molecule has 1 heterocycles. The lowest BCUT2D eigenvalue weighted by atomic mass is 10.1. The maximum atomic E-state index is 11.3. The number of pyridine rings is 1. The third-order valence-electron chi connectivity index (χ3n) is 3.06. The predicted octanol–water partition coefficient (Wildman–Crippen LogP) is 3.82. The number of hydrogen-bond donors (Lipinski definition) is 0. The summed E-state index contributed by atoms with van der Waals surface area (Å²) in [5, 5.41) is 0.238. The summed E-state index contributed by atoms with van der Waals surface area (Å²) in [6, 6.07) is 11.5. The van der Waals surface area contributed by atoms with Gasteiger partial charge in [-0.15, -0.1) is 0 Å². The zero-order chi connectivity index (χ0) is 16.1. The number of carbonyl (C=O) groups is 1. The van der Waals surface area contributed by atoms with E-state index < -0.39 is 5.97 Å². The molecule has 0 unspecified atom stereocenters. The van der Waals surface area contributed by atoms with Crippen LogP contribution < -0.4 is 4.74 Å². The van der Waals surface area contributed by atoms with E-state index in [4.69, 9.17) is 16.3 Å². The van der Waals surface area contributed by atoms with Crippen LogP contribution in [0.2, 0.25) is 5.15 Å². The highest BCUT2D eigenvalue weighted by molar-refractivity contribution is 6.31. The van der Waals surface area contributed by atoms with Gasteiger partial charge in [-0.1, -0.05) is 48.5 Å². The molecule has 0 amide bonds. The van der Waals surface area contributed by atoms with Gasteiger partial charge < -0.3 is 9.47 Å². The van der Waals surface area contributed by atoms with Crippen molar-refractivity contribution in [2.45, 2.75) is 6.92 Å². The number of halogens is 1. The largest absolute Gasteiger partial charge is 0.485 e. The Morgan fingerprint density at radius 1 is 1.32 bits per heavy atom. The summed E-state index contributed by atoms with van der Waals surface area (Å²) in [6.07, 6.45) is 0. The van der Waals surface area contributed by atoms with E-state index in [1.807, 2.05) is 37.3 Å². The lowest BCUT2D eigenvalue weighted by molar-refractivity contribution is -0.136. The number of carbonyl (C=O) groups excluding carboxylic acids is 1. The van der Waals surface area contributed by atoms with E-state index in [9.17, 15) is 4.79 Å². The lowest BCUT2D eigenvalue weighted by Gasteiger charge is -2.12. The van der Waals surface area contributed by atoms with Gasteiger partial charge in [0, 0.05) is 5.56 Å². The normalized spacial score (nSPS) is 10.1. The van der Waals surface area contributed by atoms with E-state index in [2.05, 4.69) is 16.3 Å². The highest BCUT2D eigenvalue weighted by atomic mass is 35.5. The highest BCUT2D eigenvalue weighted by Gasteiger charge is 2.13. The Labute approximate surface area is 134 Å². The zero-order valence-corrected chi connectivity index (χ0v) is 13.2. The molecule has 2 aromatic rings. The van der Waals surface area contributed by atoms with Gasteiger partial charge >= 0.3 is 5.97 Å². The summed E-state index contributed by atoms with van der Waals surface area (Å²) in [5.74, 6) is -0.106. The second-order valence-electron chi connectivity index (χ2n) is 4.69. The quantitative estimate of drug-likeness (QED) is 0.478. The van der Waals surface area contributed by atoms with Crippen LogP contribution in [-0.2, 0) is 9.53 Å². The van der Waals surface area contributed by atoms with E-state index in [1.165, 1.54) is 7.11 Å². The van der Waals surface area contributed by atoms with Crippen molar-refractivity contribution in [3.05, 3.63) is 59.3 Å². The van der Waals surface area contributed by atoms with E-state index >= 15 is 0 Å². The van der Waals surface area contributed by atoms with E-state index in [0.29, 0.717) is 5.75 Å². The topological polar surface area (TPSA) is 48.4 Å². The van der Waals surface area contributed by atoms with E-state index in [0.717, 1.165) is 16.8 Å². The molecular weight excluding hydrogens is 302 g/mol. The van der Waals surface area contributed by atoms with Crippen molar-refractivity contribution >= 4 is 17.6 Å². The molecule has 0 fully saturated rings. The van der Waals surface area contributed by atoms with Crippen LogP contribution >= 0.6 is 11.6 Å². The molecule has 0 saturated carbocycles. The molecule has 0 aliphatic rings. The van der Waals surface area contributed by atoms with Crippen molar-refractivity contribution in [2.24, 2.45) is 0 Å². The SMILES string of the molecule is C=C(COc1cc(C)c(-c2ccccc2)nc1Cl)C(=O)OC. The van der Waals surface area contributed by atoms with Crippen LogP contribution in [0, 0.1) is 6.92 Å². The first kappa shape index (κ1) is 16.0. The fourth-order valence-corrected chi connectivity index (χ4v) is 2.12. The summed E-state index contributed by atoms with van der Waals surface area (Å²) in [7, 11) is 1.29. The molecule has 0 radical (unpaired) electrons. The molecule has 1 aromatic heterocycles. The molecule has 0 aliphatic heterocycles. The minimum absolute atomic E-state index is 0.00179. The summed E-state index contributed by atoms with van der Waals surface area (Å²) in [4.78, 5) is 15.7. The number of aromatic nitrogens is 1. The zero-order valence-electron chi connectivity index (χ0n) is 12.4. The third kappa shape index (κ3) is 3.65. The van der Waals surface area contributed by atoms with Gasteiger partial charge in [0.15, 0.2) is 10.9 Å². The molecule has 0 atom stereocenters. The number of aryl methyl sites for hydroxylation is 1. The molecule has 0 spiro atoms. The van der Waals surface area contributed by atoms with E-state index in [-0.39, 0.29) is 17.3 Å². The van der Waals surface area contributed by atoms with Gasteiger partial charge in [-0.05, 0) is 18.6 Å². The number of nitrogens with zero attached hydrogens (tertiary/aromatic N) is 1. The van der Waals surface area contributed by atoms with Crippen molar-refractivity contribution in [3.63, 3.8) is 0 Å². The molecule has 1 aromatic carbocycles. The summed E-state index contributed by atoms with van der Waals surface area (Å²) in [6.45, 7) is 5.52. The molecule has 114 valence electrons. The smallest absolute Gasteiger partial charge is 0.336 e. The molecule has 0 bridgehead atoms. The number of rotatable bonds is 5. The van der Waals surface area contributed by atoms with Crippen molar-refractivity contribution in [3.8, 4) is 17.0 Å². The monoisotopic (exact) mass is 317 g/mol. The van der Waals surface area contributed by atoms with Gasteiger partial charge in [-0.2, -0.15) is 0 Å². The Morgan fingerprint density at radius 3 is 2.64 bits per heavy atom. The number of ether oxygens (including phenoxy) is 2. The second-order valence-corrected chi connectivity index (χ2v) is 5.05. The lowest BCUT2D eigenvalue weighted by Crippen LogP contribution is -2.11. The highest BCUT2D eigenvalue weighted by Crippen LogP contribution is 2.30. The van der Waals surface area contributed by atoms with E-state index in [1.54, 1.807) is 6.07 Å². The summed E-state index contributed by atoms with van der Waals surface area (Å²) >= 11 is 6.17. The molecular formula is C17H16ClNO3. The molecule has 0 saturated heterocycles. The van der Waals surface area contributed by atoms with Crippen molar-refractivity contribution in [2.75, 3.05) is 13.7 Å². The van der Waals surface area contributed by atoms with Gasteiger partial charge in [0.05, 0.1) is 18.4 Å². The number of methoxy groups -OCH3 is 1. The average Bonchev–Trinajstić information content (AvgIpc) is 2.54. The van der Waals surface area contributed by atoms with Crippen LogP contribution in [0.5, 0.6) is 5.75 Å². The maximum Gasteiger partial charge on any atom is 0.336 e. The Bertz CT molecular complexity index is 699. The molecule has 2 rings (SSSR count). The first-order valence-corrected chi connectivity index (χ1v) is 7.02. The van der Waals surface area contributed by atoms with Crippen LogP contribution in [0.25, 0.3) is 11.3 Å². The van der Waals surface area contributed by atoms with Gasteiger partial charge in [-0.3, -0.25) is 0 Å². The van der Waals surface area contributed by atoms with Crippen LogP contribution in [0.3, 0.4) is 0 Å². The Hall–Kier alpha value is -2.33. The van der Waals surface area contributed by atoms with Crippen LogP contribution in [-0.4, -0.2) is 24.7 Å². The Morgan fingerprint density at radius 2 is 2.00 bits per heavy atom. The van der Waals surface area contributed by atoms with Crippen molar-refractivity contribution in [1.29, 1.82) is 0 Å². The van der Waals surface area contributed by atoms with Crippen molar-refractivity contribution < 1.29 is 14.3 Å². The molecule has 22 heavy (non-hydrogen) atoms. The fourth-order valence-electron chi connectivity index (χ4n) is 1.92. The van der Waals surface area contributed by atoms with Crippen LogP contribution in [0.4, 0.5) is 0 Å². The molecule has 5 heteroatoms. The van der Waals surface area contributed by atoms with Crippen LogP contribution in [0.1, 0.15) is 5.56 Å². The van der Waals surface area contributed by atoms with Crippen LogP contribution in [0.15, 0.2) is 48.6 Å². The number of hydrogen-bond acceptors (Lipinski definition) is 4. The first-order valence-electron chi connectivity index (χ1n) is 6.64. The first-order chi connectivity index (χ1) is 10.5. The minimum Gasteiger partial charge on any atom is -0.485 e. The fraction of sp³-hybridized carbons (Fsp3) is 0.176. The third-order valence-corrected chi connectivity index (χ3v) is 3.33. The number of benzene rings is 1. The van der Waals surface area contributed by atoms with Gasteiger partial charge in [0.2, 0.25) is 0 Å². The molecule has 0 aliphatic carbocycles. The molecule has 0 N–H and O–H groups in total. The Kier molecular flexibility index (Phi) is 5.17. The standard InChI is InChI=1S/C17H16ClNO3/c1-11-9-14(22-10-12(2)17(20)21-3)16(18)19-15(11)13-7-5-4-6-8-13/h4-9H,2,10H2,1,3H3. The van der Waals surface area contributed by atoms with Crippen molar-refractivity contribution in [1.82, 2.24) is 4.98 Å². The maximum absolute atomic E-state index is 11.3. The minimum atomic E-state index is -0.512. The predicted molar refractivity (Wildman–Crippen MR) is 86.1 cm³/mol. The summed E-state index contributed by atoms with van der Waals surface area (Å²) in [5.41, 5.74) is 2.91. The van der Waals surface area contributed by atoms with Gasteiger partial charge in [0.1, 0.15) is 6.61 Å². The second kappa shape index (κ2) is 7.09. The molecule has 4 nitrogen and oxygen atoms in total. The van der Waals surface area contributed by atoms with Gasteiger partial charge in [0.25, 0.3) is 0 Å². The summed E-state index contributed by atoms with van der Waals surface area (Å²) < 4.78 is 10.1.